The van der Waals surface area contributed by atoms with Crippen molar-refractivity contribution in [1.29, 1.82) is 0 Å². The van der Waals surface area contributed by atoms with Crippen LogP contribution in [0.5, 0.6) is 0 Å². The molecule has 0 unspecified atom stereocenters. The molecule has 4 heteroatoms. The first-order chi connectivity index (χ1) is 6.36. The van der Waals surface area contributed by atoms with Crippen LogP contribution in [0, 0.1) is 0 Å². The van der Waals surface area contributed by atoms with Gasteiger partial charge in [0.2, 0.25) is 0 Å². The van der Waals surface area contributed by atoms with Crippen LogP contribution in [-0.4, -0.2) is 21.5 Å². The molecule has 1 aromatic heterocycles. The summed E-state index contributed by atoms with van der Waals surface area (Å²) in [5, 5.41) is 13.6. The van der Waals surface area contributed by atoms with Crippen molar-refractivity contribution >= 4 is 0 Å². The fraction of sp³-hybridized carbons (Fsp3) is 0.667. The Kier molecular flexibility index (Phi) is 2.33. The van der Waals surface area contributed by atoms with Gasteiger partial charge in [-0.2, -0.15) is 5.10 Å². The Labute approximate surface area is 77.1 Å². The van der Waals surface area contributed by atoms with Crippen LogP contribution < -0.4 is 0 Å². The zero-order valence-corrected chi connectivity index (χ0v) is 7.79. The molecule has 0 spiro atoms. The molecule has 0 atom stereocenters. The van der Waals surface area contributed by atoms with E-state index in [9.17, 15) is 5.11 Å². The van der Waals surface area contributed by atoms with E-state index in [1.807, 2.05) is 11.6 Å². The number of hydrogen-bond donors (Lipinski definition) is 1. The summed E-state index contributed by atoms with van der Waals surface area (Å²) in [4.78, 5) is 0. The Balaban J connectivity index is 2.44. The fourth-order valence-corrected chi connectivity index (χ4v) is 1.74. The van der Waals surface area contributed by atoms with Crippen LogP contribution in [0.25, 0.3) is 0 Å². The lowest BCUT2D eigenvalue weighted by molar-refractivity contribution is 0.108. The SMILES string of the molecule is CCn1nc2c(c1CO)COCC2. The predicted octanol–water partition coefficient (Wildman–Crippen LogP) is 0.468. The number of nitrogens with zero attached hydrogens (tertiary/aromatic N) is 2. The lowest BCUT2D eigenvalue weighted by Gasteiger charge is -2.11. The van der Waals surface area contributed by atoms with Crippen molar-refractivity contribution in [3.63, 3.8) is 0 Å². The molecule has 0 saturated carbocycles. The summed E-state index contributed by atoms with van der Waals surface area (Å²) in [6.45, 7) is 4.24. The van der Waals surface area contributed by atoms with Crippen LogP contribution in [0.4, 0.5) is 0 Å². The van der Waals surface area contributed by atoms with E-state index in [1.54, 1.807) is 0 Å². The Bertz CT molecular complexity index is 296. The van der Waals surface area contributed by atoms with Gasteiger partial charge in [0, 0.05) is 18.5 Å². The molecule has 1 aliphatic heterocycles. The fourth-order valence-electron chi connectivity index (χ4n) is 1.74. The predicted molar refractivity (Wildman–Crippen MR) is 47.2 cm³/mol. The van der Waals surface area contributed by atoms with Crippen molar-refractivity contribution in [3.05, 3.63) is 17.0 Å². The van der Waals surface area contributed by atoms with Gasteiger partial charge < -0.3 is 9.84 Å². The lowest BCUT2D eigenvalue weighted by atomic mass is 10.1. The van der Waals surface area contributed by atoms with Crippen LogP contribution in [0.1, 0.15) is 23.9 Å². The largest absolute Gasteiger partial charge is 0.390 e. The molecule has 0 amide bonds. The second-order valence-corrected chi connectivity index (χ2v) is 3.15. The van der Waals surface area contributed by atoms with Crippen LogP contribution >= 0.6 is 0 Å². The summed E-state index contributed by atoms with van der Waals surface area (Å²) in [5.41, 5.74) is 3.10. The lowest BCUT2D eigenvalue weighted by Crippen LogP contribution is -2.09. The van der Waals surface area contributed by atoms with Crippen LogP contribution in [0.2, 0.25) is 0 Å². The topological polar surface area (TPSA) is 47.3 Å². The minimum absolute atomic E-state index is 0.0551. The van der Waals surface area contributed by atoms with E-state index < -0.39 is 0 Å². The summed E-state index contributed by atoms with van der Waals surface area (Å²) in [5.74, 6) is 0. The standard InChI is InChI=1S/C9H14N2O2/c1-2-11-9(5-12)7-6-13-4-3-8(7)10-11/h12H,2-6H2,1H3. The van der Waals surface area contributed by atoms with E-state index in [0.717, 1.165) is 36.5 Å². The highest BCUT2D eigenvalue weighted by Crippen LogP contribution is 2.20. The van der Waals surface area contributed by atoms with E-state index in [2.05, 4.69) is 5.10 Å². The molecule has 0 saturated heterocycles. The van der Waals surface area contributed by atoms with E-state index in [1.165, 1.54) is 0 Å². The second kappa shape index (κ2) is 3.47. The first kappa shape index (κ1) is 8.72. The monoisotopic (exact) mass is 182 g/mol. The molecular formula is C9H14N2O2. The Morgan fingerprint density at radius 2 is 2.46 bits per heavy atom. The molecule has 0 bridgehead atoms. The molecule has 13 heavy (non-hydrogen) atoms. The molecule has 1 aliphatic rings. The first-order valence-electron chi connectivity index (χ1n) is 4.62. The molecule has 4 nitrogen and oxygen atoms in total. The van der Waals surface area contributed by atoms with E-state index in [-0.39, 0.29) is 6.61 Å². The molecule has 72 valence electrons. The average Bonchev–Trinajstić information content (AvgIpc) is 2.55. The molecule has 0 fully saturated rings. The molecule has 2 rings (SSSR count). The highest BCUT2D eigenvalue weighted by Gasteiger charge is 2.19. The minimum atomic E-state index is 0.0551. The van der Waals surface area contributed by atoms with Gasteiger partial charge in [0.05, 0.1) is 31.2 Å². The van der Waals surface area contributed by atoms with E-state index >= 15 is 0 Å². The highest BCUT2D eigenvalue weighted by molar-refractivity contribution is 5.26. The van der Waals surface area contributed by atoms with Gasteiger partial charge in [0.1, 0.15) is 0 Å². The Morgan fingerprint density at radius 3 is 3.15 bits per heavy atom. The van der Waals surface area contributed by atoms with Gasteiger partial charge in [-0.25, -0.2) is 0 Å². The maximum atomic E-state index is 9.18. The summed E-state index contributed by atoms with van der Waals surface area (Å²) in [6.07, 6.45) is 0.870. The smallest absolute Gasteiger partial charge is 0.0853 e. The summed E-state index contributed by atoms with van der Waals surface area (Å²) in [6, 6.07) is 0. The van der Waals surface area contributed by atoms with Gasteiger partial charge in [0.25, 0.3) is 0 Å². The first-order valence-corrected chi connectivity index (χ1v) is 4.62. The Hall–Kier alpha value is -0.870. The van der Waals surface area contributed by atoms with Gasteiger partial charge in [-0.05, 0) is 6.92 Å². The van der Waals surface area contributed by atoms with Gasteiger partial charge in [-0.15, -0.1) is 0 Å². The number of aryl methyl sites for hydroxylation is 1. The van der Waals surface area contributed by atoms with Gasteiger partial charge in [-0.3, -0.25) is 4.68 Å². The maximum absolute atomic E-state index is 9.18. The average molecular weight is 182 g/mol. The van der Waals surface area contributed by atoms with Crippen molar-refractivity contribution in [1.82, 2.24) is 9.78 Å². The summed E-state index contributed by atoms with van der Waals surface area (Å²) < 4.78 is 7.19. The minimum Gasteiger partial charge on any atom is -0.390 e. The van der Waals surface area contributed by atoms with Crippen LogP contribution in [0.3, 0.4) is 0 Å². The number of aliphatic hydroxyl groups excluding tert-OH is 1. The number of rotatable bonds is 2. The maximum Gasteiger partial charge on any atom is 0.0853 e. The summed E-state index contributed by atoms with van der Waals surface area (Å²) in [7, 11) is 0. The second-order valence-electron chi connectivity index (χ2n) is 3.15. The van der Waals surface area contributed by atoms with Gasteiger partial charge >= 0.3 is 0 Å². The third-order valence-electron chi connectivity index (χ3n) is 2.43. The number of ether oxygens (including phenoxy) is 1. The molecule has 0 aromatic carbocycles. The number of aromatic nitrogens is 2. The van der Waals surface area contributed by atoms with Gasteiger partial charge in [-0.1, -0.05) is 0 Å². The zero-order valence-electron chi connectivity index (χ0n) is 7.79. The molecule has 0 radical (unpaired) electrons. The highest BCUT2D eigenvalue weighted by atomic mass is 16.5. The van der Waals surface area contributed by atoms with Crippen molar-refractivity contribution in [3.8, 4) is 0 Å². The van der Waals surface area contributed by atoms with Crippen molar-refractivity contribution in [2.75, 3.05) is 6.61 Å². The third kappa shape index (κ3) is 1.36. The molecular weight excluding hydrogens is 168 g/mol. The summed E-state index contributed by atoms with van der Waals surface area (Å²) >= 11 is 0. The molecule has 2 heterocycles. The van der Waals surface area contributed by atoms with E-state index in [0.29, 0.717) is 6.61 Å². The number of aliphatic hydroxyl groups is 1. The van der Waals surface area contributed by atoms with Crippen LogP contribution in [0.15, 0.2) is 0 Å². The Morgan fingerprint density at radius 1 is 1.62 bits per heavy atom. The van der Waals surface area contributed by atoms with Crippen molar-refractivity contribution < 1.29 is 9.84 Å². The van der Waals surface area contributed by atoms with E-state index in [4.69, 9.17) is 4.74 Å². The zero-order chi connectivity index (χ0) is 9.26. The van der Waals surface area contributed by atoms with Crippen molar-refractivity contribution in [2.24, 2.45) is 0 Å². The quantitative estimate of drug-likeness (QED) is 0.723. The van der Waals surface area contributed by atoms with Gasteiger partial charge in [0.15, 0.2) is 0 Å². The normalized spacial score (nSPS) is 15.8. The number of hydrogen-bond acceptors (Lipinski definition) is 3. The molecule has 1 N–H and O–H groups in total. The van der Waals surface area contributed by atoms with Crippen molar-refractivity contribution in [2.45, 2.75) is 33.1 Å². The third-order valence-corrected chi connectivity index (χ3v) is 2.43. The van der Waals surface area contributed by atoms with Crippen LogP contribution in [-0.2, 0) is 30.9 Å². The molecule has 0 aliphatic carbocycles. The molecule has 1 aromatic rings. The number of fused-ring (bicyclic) bond motifs is 1.